The first-order valence-corrected chi connectivity index (χ1v) is 7.62. The third kappa shape index (κ3) is 8.41. The molecular weight excluding hydrogens is 300 g/mol. The number of carboxylic acids is 1. The van der Waals surface area contributed by atoms with Crippen LogP contribution in [0.4, 0.5) is 4.79 Å². The lowest BCUT2D eigenvalue weighted by Gasteiger charge is -2.23. The zero-order valence-electron chi connectivity index (χ0n) is 12.5. The Kier molecular flexibility index (Phi) is 8.11. The number of thioether (sulfide) groups is 1. The van der Waals surface area contributed by atoms with Gasteiger partial charge in [-0.1, -0.05) is 0 Å². The second-order valence-electron chi connectivity index (χ2n) is 5.24. The topological polar surface area (TPSA) is 125 Å². The lowest BCUT2D eigenvalue weighted by Crippen LogP contribution is -2.54. The SMILES string of the molecule is CSCC(NC(=O)OC(C)(C)C)C(=O)NC(CO)C(=O)O. The van der Waals surface area contributed by atoms with Gasteiger partial charge in [0.05, 0.1) is 6.61 Å². The molecule has 9 heteroatoms. The summed E-state index contributed by atoms with van der Waals surface area (Å²) in [6, 6.07) is -2.37. The maximum absolute atomic E-state index is 11.9. The Labute approximate surface area is 127 Å². The van der Waals surface area contributed by atoms with Crippen LogP contribution in [-0.2, 0) is 14.3 Å². The third-order valence-electron chi connectivity index (χ3n) is 2.14. The number of amides is 2. The maximum atomic E-state index is 11.9. The molecule has 2 amide bonds. The van der Waals surface area contributed by atoms with E-state index in [1.165, 1.54) is 11.8 Å². The van der Waals surface area contributed by atoms with Gasteiger partial charge >= 0.3 is 12.1 Å². The van der Waals surface area contributed by atoms with Crippen molar-refractivity contribution in [3.63, 3.8) is 0 Å². The average molecular weight is 322 g/mol. The Morgan fingerprint density at radius 2 is 1.76 bits per heavy atom. The number of alkyl carbamates (subject to hydrolysis) is 1. The highest BCUT2D eigenvalue weighted by atomic mass is 32.2. The second-order valence-corrected chi connectivity index (χ2v) is 6.15. The van der Waals surface area contributed by atoms with Crippen LogP contribution in [0.5, 0.6) is 0 Å². The van der Waals surface area contributed by atoms with Crippen molar-refractivity contribution in [2.45, 2.75) is 38.5 Å². The molecular formula is C12H22N2O6S. The van der Waals surface area contributed by atoms with Crippen molar-refractivity contribution in [1.82, 2.24) is 10.6 Å². The van der Waals surface area contributed by atoms with Gasteiger partial charge in [0.2, 0.25) is 5.91 Å². The molecule has 0 saturated heterocycles. The number of carboxylic acid groups (broad SMARTS) is 1. The molecule has 0 heterocycles. The van der Waals surface area contributed by atoms with E-state index in [1.807, 2.05) is 0 Å². The van der Waals surface area contributed by atoms with Gasteiger partial charge in [-0.25, -0.2) is 9.59 Å². The zero-order valence-corrected chi connectivity index (χ0v) is 13.3. The summed E-state index contributed by atoms with van der Waals surface area (Å²) in [5.74, 6) is -1.81. The largest absolute Gasteiger partial charge is 0.480 e. The molecule has 2 unspecified atom stereocenters. The fourth-order valence-corrected chi connectivity index (χ4v) is 1.83. The Morgan fingerprint density at radius 1 is 1.19 bits per heavy atom. The van der Waals surface area contributed by atoms with Crippen LogP contribution < -0.4 is 10.6 Å². The van der Waals surface area contributed by atoms with E-state index in [0.29, 0.717) is 0 Å². The van der Waals surface area contributed by atoms with Crippen molar-refractivity contribution in [3.8, 4) is 0 Å². The van der Waals surface area contributed by atoms with Crippen LogP contribution in [0, 0.1) is 0 Å². The number of carbonyl (C=O) groups is 3. The Balaban J connectivity index is 4.70. The molecule has 0 aliphatic carbocycles. The molecule has 4 N–H and O–H groups in total. The van der Waals surface area contributed by atoms with Gasteiger partial charge in [-0.3, -0.25) is 4.79 Å². The molecule has 0 aromatic carbocycles. The first kappa shape index (κ1) is 19.5. The number of hydrogen-bond donors (Lipinski definition) is 4. The predicted octanol–water partition coefficient (Wildman–Crippen LogP) is -0.196. The molecule has 0 aromatic heterocycles. The maximum Gasteiger partial charge on any atom is 0.408 e. The first-order chi connectivity index (χ1) is 9.60. The smallest absolute Gasteiger partial charge is 0.408 e. The monoisotopic (exact) mass is 322 g/mol. The summed E-state index contributed by atoms with van der Waals surface area (Å²) in [4.78, 5) is 34.4. The lowest BCUT2D eigenvalue weighted by atomic mass is 10.2. The van der Waals surface area contributed by atoms with E-state index in [9.17, 15) is 14.4 Å². The number of carbonyl (C=O) groups excluding carboxylic acids is 2. The van der Waals surface area contributed by atoms with Crippen molar-refractivity contribution >= 4 is 29.7 Å². The number of ether oxygens (including phenoxy) is 1. The number of hydrogen-bond acceptors (Lipinski definition) is 6. The Hall–Kier alpha value is -1.48. The van der Waals surface area contributed by atoms with E-state index in [4.69, 9.17) is 14.9 Å². The minimum absolute atomic E-state index is 0.239. The normalized spacial score (nSPS) is 14.0. The molecule has 0 aliphatic rings. The minimum atomic E-state index is -1.41. The van der Waals surface area contributed by atoms with Gasteiger partial charge in [-0.15, -0.1) is 0 Å². The van der Waals surface area contributed by atoms with E-state index in [-0.39, 0.29) is 5.75 Å². The molecule has 0 aromatic rings. The van der Waals surface area contributed by atoms with Gasteiger partial charge in [0.25, 0.3) is 0 Å². The third-order valence-corrected chi connectivity index (χ3v) is 2.80. The molecule has 2 atom stereocenters. The van der Waals surface area contributed by atoms with Gasteiger partial charge in [-0.2, -0.15) is 11.8 Å². The van der Waals surface area contributed by atoms with E-state index in [0.717, 1.165) is 0 Å². The number of aliphatic hydroxyl groups excluding tert-OH is 1. The van der Waals surface area contributed by atoms with Crippen molar-refractivity contribution in [2.24, 2.45) is 0 Å². The zero-order chi connectivity index (χ0) is 16.6. The molecule has 0 radical (unpaired) electrons. The molecule has 0 saturated carbocycles. The summed E-state index contributed by atoms with van der Waals surface area (Å²) >= 11 is 1.30. The van der Waals surface area contributed by atoms with E-state index >= 15 is 0 Å². The fraction of sp³-hybridized carbons (Fsp3) is 0.750. The molecule has 8 nitrogen and oxygen atoms in total. The van der Waals surface area contributed by atoms with Gasteiger partial charge in [0, 0.05) is 5.75 Å². The van der Waals surface area contributed by atoms with Crippen LogP contribution in [-0.4, -0.2) is 64.5 Å². The second kappa shape index (κ2) is 8.73. The number of aliphatic carboxylic acids is 1. The van der Waals surface area contributed by atoms with Gasteiger partial charge in [0.15, 0.2) is 0 Å². The highest BCUT2D eigenvalue weighted by molar-refractivity contribution is 7.98. The van der Waals surface area contributed by atoms with Crippen LogP contribution in [0.1, 0.15) is 20.8 Å². The highest BCUT2D eigenvalue weighted by Gasteiger charge is 2.27. The van der Waals surface area contributed by atoms with Crippen LogP contribution in [0.3, 0.4) is 0 Å². The minimum Gasteiger partial charge on any atom is -0.480 e. The summed E-state index contributed by atoms with van der Waals surface area (Å²) in [6.07, 6.45) is 0.963. The summed E-state index contributed by atoms with van der Waals surface area (Å²) in [7, 11) is 0. The molecule has 0 fully saturated rings. The molecule has 0 aliphatic heterocycles. The standard InChI is InChI=1S/C12H22N2O6S/c1-12(2,3)20-11(19)14-8(6-21-4)9(16)13-7(5-15)10(17)18/h7-8,15H,5-6H2,1-4H3,(H,13,16)(H,14,19)(H,17,18). The Morgan fingerprint density at radius 3 is 2.14 bits per heavy atom. The van der Waals surface area contributed by atoms with Crippen molar-refractivity contribution in [3.05, 3.63) is 0 Å². The molecule has 21 heavy (non-hydrogen) atoms. The Bertz CT molecular complexity index is 382. The summed E-state index contributed by atoms with van der Waals surface area (Å²) in [5.41, 5.74) is -0.709. The highest BCUT2D eigenvalue weighted by Crippen LogP contribution is 2.07. The van der Waals surface area contributed by atoms with E-state index in [1.54, 1.807) is 27.0 Å². The van der Waals surface area contributed by atoms with Gasteiger partial charge in [-0.05, 0) is 27.0 Å². The summed E-state index contributed by atoms with van der Waals surface area (Å²) in [5, 5.41) is 22.2. The lowest BCUT2D eigenvalue weighted by molar-refractivity contribution is -0.143. The number of aliphatic hydroxyl groups is 1. The van der Waals surface area contributed by atoms with Crippen LogP contribution >= 0.6 is 11.8 Å². The molecule has 0 rings (SSSR count). The quantitative estimate of drug-likeness (QED) is 0.511. The predicted molar refractivity (Wildman–Crippen MR) is 78.2 cm³/mol. The van der Waals surface area contributed by atoms with E-state index < -0.39 is 42.3 Å². The number of nitrogens with one attached hydrogen (secondary N) is 2. The van der Waals surface area contributed by atoms with Gasteiger partial charge < -0.3 is 25.6 Å². The molecule has 122 valence electrons. The van der Waals surface area contributed by atoms with Crippen LogP contribution in [0.15, 0.2) is 0 Å². The fourth-order valence-electron chi connectivity index (χ4n) is 1.26. The average Bonchev–Trinajstić information content (AvgIpc) is 2.32. The van der Waals surface area contributed by atoms with E-state index in [2.05, 4.69) is 10.6 Å². The van der Waals surface area contributed by atoms with Crippen LogP contribution in [0.2, 0.25) is 0 Å². The van der Waals surface area contributed by atoms with Crippen molar-refractivity contribution in [2.75, 3.05) is 18.6 Å². The summed E-state index contributed by atoms with van der Waals surface area (Å²) < 4.78 is 5.04. The van der Waals surface area contributed by atoms with Crippen LogP contribution in [0.25, 0.3) is 0 Å². The summed E-state index contributed by atoms with van der Waals surface area (Å²) in [6.45, 7) is 4.31. The molecule has 0 spiro atoms. The van der Waals surface area contributed by atoms with Crippen molar-refractivity contribution in [1.29, 1.82) is 0 Å². The first-order valence-electron chi connectivity index (χ1n) is 6.23. The van der Waals surface area contributed by atoms with Crippen molar-refractivity contribution < 1.29 is 29.3 Å². The molecule has 0 bridgehead atoms. The van der Waals surface area contributed by atoms with Gasteiger partial charge in [0.1, 0.15) is 17.7 Å². The number of rotatable bonds is 7.